The van der Waals surface area contributed by atoms with Crippen LogP contribution in [0, 0.1) is 17.8 Å². The third-order valence-electron chi connectivity index (χ3n) is 6.21. The molecule has 0 radical (unpaired) electrons. The first kappa shape index (κ1) is 16.3. The highest BCUT2D eigenvalue weighted by Gasteiger charge is 2.40. The second-order valence-corrected chi connectivity index (χ2v) is 7.18. The molecule has 2 saturated heterocycles. The van der Waals surface area contributed by atoms with Gasteiger partial charge in [-0.25, -0.2) is 0 Å². The van der Waals surface area contributed by atoms with Gasteiger partial charge in [-0.05, 0) is 37.0 Å². The van der Waals surface area contributed by atoms with E-state index in [-0.39, 0.29) is 0 Å². The molecule has 0 N–H and O–H groups in total. The molecule has 2 aliphatic heterocycles. The van der Waals surface area contributed by atoms with E-state index in [1.165, 1.54) is 51.9 Å². The fraction of sp³-hybridized carbons (Fsp3) is 1.00. The minimum Gasteiger partial charge on any atom is -0.287 e. The maximum atomic E-state index is 2.81. The lowest BCUT2D eigenvalue weighted by Crippen LogP contribution is -2.44. The van der Waals surface area contributed by atoms with Crippen LogP contribution in [0.1, 0.15) is 66.7 Å². The maximum Gasteiger partial charge on any atom is 0.0511 e. The predicted octanol–water partition coefficient (Wildman–Crippen LogP) is 4.21. The van der Waals surface area contributed by atoms with Crippen molar-refractivity contribution in [3.63, 3.8) is 0 Å². The molecule has 2 heterocycles. The summed E-state index contributed by atoms with van der Waals surface area (Å²) in [4.78, 5) is 5.60. The van der Waals surface area contributed by atoms with Gasteiger partial charge in [-0.2, -0.15) is 0 Å². The summed E-state index contributed by atoms with van der Waals surface area (Å²) in [5.41, 5.74) is 0. The van der Waals surface area contributed by atoms with Gasteiger partial charge in [0.25, 0.3) is 0 Å². The minimum atomic E-state index is 0.827. The Morgan fingerprint density at radius 1 is 0.850 bits per heavy atom. The molecule has 0 amide bonds. The standard InChI is InChI=1S/C18H36N2/c1-6-15-10-11-19(17(15)8-3)13-20-12-14(5)16(7-2)18(20)9-4/h14-18H,6-13H2,1-5H3. The highest BCUT2D eigenvalue weighted by molar-refractivity contribution is 4.92. The van der Waals surface area contributed by atoms with Crippen LogP contribution in [0.3, 0.4) is 0 Å². The van der Waals surface area contributed by atoms with Crippen molar-refractivity contribution < 1.29 is 0 Å². The summed E-state index contributed by atoms with van der Waals surface area (Å²) in [5, 5.41) is 0. The average molecular weight is 281 g/mol. The molecule has 0 aromatic heterocycles. The summed E-state index contributed by atoms with van der Waals surface area (Å²) in [7, 11) is 0. The van der Waals surface area contributed by atoms with Gasteiger partial charge in [0.2, 0.25) is 0 Å². The first-order valence-electron chi connectivity index (χ1n) is 9.14. The summed E-state index contributed by atoms with van der Waals surface area (Å²) in [6, 6.07) is 1.67. The summed E-state index contributed by atoms with van der Waals surface area (Å²) in [6.45, 7) is 15.9. The zero-order chi connectivity index (χ0) is 14.7. The number of hydrogen-bond acceptors (Lipinski definition) is 2. The van der Waals surface area contributed by atoms with Crippen molar-refractivity contribution in [3.8, 4) is 0 Å². The molecule has 2 nitrogen and oxygen atoms in total. The Kier molecular flexibility index (Phi) is 5.92. The highest BCUT2D eigenvalue weighted by Crippen LogP contribution is 2.36. The van der Waals surface area contributed by atoms with Gasteiger partial charge in [0.05, 0.1) is 6.67 Å². The zero-order valence-corrected chi connectivity index (χ0v) is 14.4. The van der Waals surface area contributed by atoms with Crippen LogP contribution >= 0.6 is 0 Å². The Balaban J connectivity index is 1.99. The summed E-state index contributed by atoms with van der Waals surface area (Å²) >= 11 is 0. The number of likely N-dealkylation sites (tertiary alicyclic amines) is 2. The molecule has 0 aromatic carbocycles. The van der Waals surface area contributed by atoms with E-state index in [0.29, 0.717) is 0 Å². The molecule has 0 saturated carbocycles. The van der Waals surface area contributed by atoms with Crippen molar-refractivity contribution in [3.05, 3.63) is 0 Å². The minimum absolute atomic E-state index is 0.827. The van der Waals surface area contributed by atoms with Gasteiger partial charge >= 0.3 is 0 Å². The van der Waals surface area contributed by atoms with Crippen molar-refractivity contribution >= 4 is 0 Å². The topological polar surface area (TPSA) is 6.48 Å². The molecule has 20 heavy (non-hydrogen) atoms. The van der Waals surface area contributed by atoms with Gasteiger partial charge in [0.1, 0.15) is 0 Å². The Morgan fingerprint density at radius 3 is 2.10 bits per heavy atom. The van der Waals surface area contributed by atoms with Crippen LogP contribution in [0.2, 0.25) is 0 Å². The molecule has 118 valence electrons. The predicted molar refractivity (Wildman–Crippen MR) is 87.8 cm³/mol. The molecule has 0 bridgehead atoms. The van der Waals surface area contributed by atoms with Crippen LogP contribution in [0.25, 0.3) is 0 Å². The lowest BCUT2D eigenvalue weighted by atomic mass is 9.88. The average Bonchev–Trinajstić information content (AvgIpc) is 2.98. The maximum absolute atomic E-state index is 2.81. The largest absolute Gasteiger partial charge is 0.287 e. The lowest BCUT2D eigenvalue weighted by Gasteiger charge is -2.34. The van der Waals surface area contributed by atoms with Crippen LogP contribution in [-0.2, 0) is 0 Å². The van der Waals surface area contributed by atoms with Gasteiger partial charge in [0.15, 0.2) is 0 Å². The van der Waals surface area contributed by atoms with E-state index < -0.39 is 0 Å². The quantitative estimate of drug-likeness (QED) is 0.719. The Labute approximate surface area is 126 Å². The SMILES string of the molecule is CCC1CCN(CN2CC(C)C(CC)C2CC)C1CC. The van der Waals surface area contributed by atoms with Gasteiger partial charge in [-0.1, -0.05) is 47.5 Å². The molecule has 2 fully saturated rings. The normalized spacial score (nSPS) is 39.8. The fourth-order valence-corrected chi connectivity index (χ4v) is 5.15. The van der Waals surface area contributed by atoms with Gasteiger partial charge < -0.3 is 0 Å². The Bertz CT molecular complexity index is 291. The van der Waals surface area contributed by atoms with E-state index in [4.69, 9.17) is 0 Å². The molecular weight excluding hydrogens is 244 g/mol. The van der Waals surface area contributed by atoms with Crippen LogP contribution in [0.4, 0.5) is 0 Å². The fourth-order valence-electron chi connectivity index (χ4n) is 5.15. The first-order valence-corrected chi connectivity index (χ1v) is 9.14. The lowest BCUT2D eigenvalue weighted by molar-refractivity contribution is 0.0889. The van der Waals surface area contributed by atoms with Crippen LogP contribution < -0.4 is 0 Å². The van der Waals surface area contributed by atoms with Crippen LogP contribution in [0.15, 0.2) is 0 Å². The first-order chi connectivity index (χ1) is 9.65. The molecule has 2 heteroatoms. The van der Waals surface area contributed by atoms with E-state index in [1.807, 2.05) is 0 Å². The summed E-state index contributed by atoms with van der Waals surface area (Å²) in [6.07, 6.45) is 6.79. The highest BCUT2D eigenvalue weighted by atomic mass is 15.4. The van der Waals surface area contributed by atoms with Gasteiger partial charge in [-0.3, -0.25) is 9.80 Å². The van der Waals surface area contributed by atoms with Crippen molar-refractivity contribution in [1.29, 1.82) is 0 Å². The smallest absolute Gasteiger partial charge is 0.0511 e. The number of rotatable bonds is 6. The van der Waals surface area contributed by atoms with Gasteiger partial charge in [0, 0.05) is 25.2 Å². The third-order valence-corrected chi connectivity index (χ3v) is 6.21. The van der Waals surface area contributed by atoms with Crippen LogP contribution in [0.5, 0.6) is 0 Å². The van der Waals surface area contributed by atoms with E-state index in [9.17, 15) is 0 Å². The van der Waals surface area contributed by atoms with Crippen molar-refractivity contribution in [2.45, 2.75) is 78.8 Å². The molecule has 0 aromatic rings. The second kappa shape index (κ2) is 7.26. The number of nitrogens with zero attached hydrogens (tertiary/aromatic N) is 2. The van der Waals surface area contributed by atoms with E-state index in [2.05, 4.69) is 44.4 Å². The van der Waals surface area contributed by atoms with Crippen LogP contribution in [-0.4, -0.2) is 41.6 Å². The Morgan fingerprint density at radius 2 is 1.55 bits per heavy atom. The monoisotopic (exact) mass is 280 g/mol. The Hall–Kier alpha value is -0.0800. The molecular formula is C18H36N2. The van der Waals surface area contributed by atoms with Crippen molar-refractivity contribution in [1.82, 2.24) is 9.80 Å². The zero-order valence-electron chi connectivity index (χ0n) is 14.4. The molecule has 2 rings (SSSR count). The number of hydrogen-bond donors (Lipinski definition) is 0. The van der Waals surface area contributed by atoms with E-state index >= 15 is 0 Å². The molecule has 0 aliphatic carbocycles. The van der Waals surface area contributed by atoms with Crippen molar-refractivity contribution in [2.24, 2.45) is 17.8 Å². The van der Waals surface area contributed by atoms with Gasteiger partial charge in [-0.15, -0.1) is 0 Å². The molecule has 2 aliphatic rings. The summed E-state index contributed by atoms with van der Waals surface area (Å²) < 4.78 is 0. The molecule has 5 unspecified atom stereocenters. The third kappa shape index (κ3) is 3.06. The molecule has 5 atom stereocenters. The van der Waals surface area contributed by atoms with E-state index in [0.717, 1.165) is 29.8 Å². The summed E-state index contributed by atoms with van der Waals surface area (Å²) in [5.74, 6) is 2.75. The molecule has 0 spiro atoms. The van der Waals surface area contributed by atoms with E-state index in [1.54, 1.807) is 0 Å². The van der Waals surface area contributed by atoms with Crippen molar-refractivity contribution in [2.75, 3.05) is 19.8 Å². The second-order valence-electron chi connectivity index (χ2n) is 7.18.